The summed E-state index contributed by atoms with van der Waals surface area (Å²) in [6.07, 6.45) is 7.58. The first-order valence-corrected chi connectivity index (χ1v) is 11.8. The number of ketones is 1. The Kier molecular flexibility index (Phi) is 6.39. The maximum Gasteiger partial charge on any atom is 0.295 e. The molecule has 0 saturated carbocycles. The van der Waals surface area contributed by atoms with Gasteiger partial charge in [0.1, 0.15) is 11.3 Å². The number of aryl methyl sites for hydroxylation is 2. The maximum atomic E-state index is 13.4. The molecule has 0 aliphatic carbocycles. The Labute approximate surface area is 213 Å². The van der Waals surface area contributed by atoms with Crippen LogP contribution in [0.2, 0.25) is 0 Å². The number of imidazole rings is 2. The van der Waals surface area contributed by atoms with Crippen molar-refractivity contribution in [3.63, 3.8) is 0 Å². The summed E-state index contributed by atoms with van der Waals surface area (Å²) < 4.78 is 14.5. The normalized spacial score (nSPS) is 17.1. The molecule has 1 saturated heterocycles. The number of methoxy groups -OCH3 is 2. The number of nitrogens with zero attached hydrogens (tertiary/aromatic N) is 5. The Bertz CT molecular complexity index is 1500. The van der Waals surface area contributed by atoms with Crippen LogP contribution in [0.3, 0.4) is 0 Å². The number of hydrogen-bond donors (Lipinski definition) is 1. The van der Waals surface area contributed by atoms with Gasteiger partial charge in [0, 0.05) is 31.7 Å². The molecule has 5 rings (SSSR count). The molecule has 0 unspecified atom stereocenters. The minimum atomic E-state index is -0.823. The van der Waals surface area contributed by atoms with Crippen LogP contribution in [0.4, 0.5) is 0 Å². The molecule has 1 aliphatic heterocycles. The van der Waals surface area contributed by atoms with Crippen molar-refractivity contribution in [1.29, 1.82) is 0 Å². The molecular formula is C27H27N5O5. The van der Waals surface area contributed by atoms with Gasteiger partial charge in [0.15, 0.2) is 17.3 Å². The number of aromatic nitrogens is 4. The lowest BCUT2D eigenvalue weighted by Gasteiger charge is -2.26. The predicted molar refractivity (Wildman–Crippen MR) is 135 cm³/mol. The van der Waals surface area contributed by atoms with Crippen LogP contribution in [0.25, 0.3) is 11.4 Å². The molecule has 1 atom stereocenters. The summed E-state index contributed by atoms with van der Waals surface area (Å²) in [5, 5.41) is 11.6. The maximum absolute atomic E-state index is 13.4. The van der Waals surface area contributed by atoms with E-state index in [1.807, 2.05) is 29.0 Å². The monoisotopic (exact) mass is 501 g/mol. The number of carbonyl (C=O) groups is 2. The Morgan fingerprint density at radius 2 is 1.86 bits per heavy atom. The van der Waals surface area contributed by atoms with E-state index in [9.17, 15) is 14.7 Å². The van der Waals surface area contributed by atoms with Gasteiger partial charge in [-0.1, -0.05) is 12.1 Å². The Morgan fingerprint density at radius 1 is 1.05 bits per heavy atom. The quantitative estimate of drug-likeness (QED) is 0.224. The zero-order valence-corrected chi connectivity index (χ0v) is 20.8. The number of aliphatic hydroxyl groups is 1. The lowest BCUT2D eigenvalue weighted by atomic mass is 9.95. The Hall–Kier alpha value is -4.60. The zero-order valence-electron chi connectivity index (χ0n) is 20.8. The molecule has 0 bridgehead atoms. The number of pyridine rings is 1. The number of Topliss-reactive ketones (excluding diaryl/α,β-unsaturated/α-hetero) is 1. The summed E-state index contributed by atoms with van der Waals surface area (Å²) in [6, 6.07) is 9.86. The van der Waals surface area contributed by atoms with E-state index in [0.29, 0.717) is 53.6 Å². The molecule has 1 fully saturated rings. The van der Waals surface area contributed by atoms with Crippen molar-refractivity contribution in [1.82, 2.24) is 23.8 Å². The number of likely N-dealkylation sites (tertiary alicyclic amines) is 1. The van der Waals surface area contributed by atoms with Gasteiger partial charge in [-0.15, -0.1) is 0 Å². The highest BCUT2D eigenvalue weighted by atomic mass is 16.5. The Balaban J connectivity index is 1.63. The molecule has 3 aromatic heterocycles. The van der Waals surface area contributed by atoms with E-state index < -0.39 is 17.7 Å². The predicted octanol–water partition coefficient (Wildman–Crippen LogP) is 3.37. The molecule has 10 nitrogen and oxygen atoms in total. The number of ether oxygens (including phenoxy) is 2. The van der Waals surface area contributed by atoms with Crippen LogP contribution in [-0.4, -0.2) is 61.4 Å². The topological polar surface area (TPSA) is 111 Å². The second-order valence-electron chi connectivity index (χ2n) is 8.74. The molecule has 10 heteroatoms. The fourth-order valence-electron chi connectivity index (χ4n) is 4.85. The van der Waals surface area contributed by atoms with Crippen molar-refractivity contribution in [3.8, 4) is 11.5 Å². The standard InChI is InChI=1S/C27H27N5O5/c1-17-23(31-12-5-4-7-21(31)29-17)25(33)22-24(18-8-9-19(36-2)20(15-18)37-3)32(27(35)26(22)34)13-6-11-30-14-10-28-16-30/h4-5,7-10,12,14-16,24,33H,6,11,13H2,1-3H3/b25-22+/t24-/m1/s1. The van der Waals surface area contributed by atoms with E-state index in [1.165, 1.54) is 19.1 Å². The van der Waals surface area contributed by atoms with Crippen molar-refractivity contribution in [3.05, 3.63) is 83.8 Å². The van der Waals surface area contributed by atoms with Crippen molar-refractivity contribution < 1.29 is 24.2 Å². The first kappa shape index (κ1) is 24.1. The van der Waals surface area contributed by atoms with Crippen LogP contribution in [0.1, 0.15) is 29.4 Å². The summed E-state index contributed by atoms with van der Waals surface area (Å²) in [5.41, 5.74) is 2.17. The largest absolute Gasteiger partial charge is 0.505 e. The van der Waals surface area contributed by atoms with Gasteiger partial charge < -0.3 is 24.0 Å². The van der Waals surface area contributed by atoms with Crippen molar-refractivity contribution in [2.75, 3.05) is 20.8 Å². The SMILES string of the molecule is COc1ccc([C@@H]2/C(=C(\O)c3c(C)nc4ccccn34)C(=O)C(=O)N2CCCn2ccnc2)cc1OC. The first-order valence-electron chi connectivity index (χ1n) is 11.8. The van der Waals surface area contributed by atoms with Crippen LogP contribution < -0.4 is 9.47 Å². The smallest absolute Gasteiger partial charge is 0.295 e. The molecular weight excluding hydrogens is 474 g/mol. The third kappa shape index (κ3) is 4.20. The van der Waals surface area contributed by atoms with Crippen LogP contribution >= 0.6 is 0 Å². The highest BCUT2D eigenvalue weighted by molar-refractivity contribution is 6.46. The summed E-state index contributed by atoms with van der Waals surface area (Å²) in [6.45, 7) is 2.67. The zero-order chi connectivity index (χ0) is 26.1. The molecule has 4 heterocycles. The average molecular weight is 502 g/mol. The van der Waals surface area contributed by atoms with Crippen molar-refractivity contribution >= 4 is 23.1 Å². The molecule has 1 aliphatic rings. The Morgan fingerprint density at radius 3 is 2.59 bits per heavy atom. The fourth-order valence-corrected chi connectivity index (χ4v) is 4.85. The van der Waals surface area contributed by atoms with Crippen LogP contribution in [0.5, 0.6) is 11.5 Å². The van der Waals surface area contributed by atoms with Crippen molar-refractivity contribution in [2.45, 2.75) is 25.9 Å². The lowest BCUT2D eigenvalue weighted by Crippen LogP contribution is -2.31. The van der Waals surface area contributed by atoms with Crippen LogP contribution in [-0.2, 0) is 16.1 Å². The summed E-state index contributed by atoms with van der Waals surface area (Å²) in [7, 11) is 3.05. The van der Waals surface area contributed by atoms with E-state index in [4.69, 9.17) is 9.47 Å². The average Bonchev–Trinajstić information content (AvgIpc) is 3.61. The number of hydrogen-bond acceptors (Lipinski definition) is 7. The molecule has 37 heavy (non-hydrogen) atoms. The van der Waals surface area contributed by atoms with Gasteiger partial charge in [-0.25, -0.2) is 9.97 Å². The van der Waals surface area contributed by atoms with Gasteiger partial charge in [0.2, 0.25) is 0 Å². The molecule has 1 N–H and O–H groups in total. The summed E-state index contributed by atoms with van der Waals surface area (Å²) >= 11 is 0. The molecule has 1 aromatic carbocycles. The van der Waals surface area contributed by atoms with Gasteiger partial charge in [0.25, 0.3) is 11.7 Å². The highest BCUT2D eigenvalue weighted by Crippen LogP contribution is 2.42. The third-order valence-corrected chi connectivity index (χ3v) is 6.57. The number of fused-ring (bicyclic) bond motifs is 1. The van der Waals surface area contributed by atoms with E-state index in [0.717, 1.165) is 0 Å². The number of amides is 1. The van der Waals surface area contributed by atoms with E-state index in [1.54, 1.807) is 48.2 Å². The minimum Gasteiger partial charge on any atom is -0.505 e. The van der Waals surface area contributed by atoms with Crippen LogP contribution in [0.15, 0.2) is 66.9 Å². The van der Waals surface area contributed by atoms with Gasteiger partial charge in [0.05, 0.1) is 37.9 Å². The summed E-state index contributed by atoms with van der Waals surface area (Å²) in [5.74, 6) is -0.717. The lowest BCUT2D eigenvalue weighted by molar-refractivity contribution is -0.139. The van der Waals surface area contributed by atoms with E-state index in [2.05, 4.69) is 9.97 Å². The number of aliphatic hydroxyl groups excluding tert-OH is 1. The first-order chi connectivity index (χ1) is 17.9. The third-order valence-electron chi connectivity index (χ3n) is 6.57. The van der Waals surface area contributed by atoms with Gasteiger partial charge in [-0.3, -0.25) is 14.0 Å². The van der Waals surface area contributed by atoms with Crippen LogP contribution in [0, 0.1) is 6.92 Å². The highest BCUT2D eigenvalue weighted by Gasteiger charge is 2.46. The second-order valence-corrected chi connectivity index (χ2v) is 8.74. The second kappa shape index (κ2) is 9.81. The fraction of sp³-hybridized carbons (Fsp3) is 0.259. The number of rotatable bonds is 8. The van der Waals surface area contributed by atoms with Gasteiger partial charge in [-0.05, 0) is 43.2 Å². The molecule has 190 valence electrons. The summed E-state index contributed by atoms with van der Waals surface area (Å²) in [4.78, 5) is 36.8. The van der Waals surface area contributed by atoms with E-state index in [-0.39, 0.29) is 11.3 Å². The van der Waals surface area contributed by atoms with Crippen molar-refractivity contribution in [2.24, 2.45) is 0 Å². The van der Waals surface area contributed by atoms with E-state index >= 15 is 0 Å². The molecule has 0 spiro atoms. The van der Waals surface area contributed by atoms with Gasteiger partial charge >= 0.3 is 0 Å². The molecule has 0 radical (unpaired) electrons. The molecule has 1 amide bonds. The number of benzene rings is 1. The number of carbonyl (C=O) groups excluding carboxylic acids is 2. The van der Waals surface area contributed by atoms with Gasteiger partial charge in [-0.2, -0.15) is 0 Å². The molecule has 4 aromatic rings. The minimum absolute atomic E-state index is 0.00797.